The lowest BCUT2D eigenvalue weighted by atomic mass is 10.1. The van der Waals surface area contributed by atoms with Crippen LogP contribution in [-0.4, -0.2) is 16.9 Å². The van der Waals surface area contributed by atoms with E-state index in [1.165, 1.54) is 0 Å². The Labute approximate surface area is 175 Å². The maximum atomic E-state index is 12.4. The third-order valence-electron chi connectivity index (χ3n) is 4.13. The number of aryl methyl sites for hydroxylation is 2. The lowest BCUT2D eigenvalue weighted by molar-refractivity contribution is 0.0976. The van der Waals surface area contributed by atoms with Crippen LogP contribution in [0.3, 0.4) is 0 Å². The number of carbonyl (C=O) groups excluding carboxylic acids is 2. The first kappa shape index (κ1) is 20.2. The highest BCUT2D eigenvalue weighted by molar-refractivity contribution is 7.80. The highest BCUT2D eigenvalue weighted by Gasteiger charge is 2.10. The minimum absolute atomic E-state index is 0.181. The molecule has 3 aromatic carbocycles. The molecule has 0 unspecified atom stereocenters. The second-order valence-corrected chi connectivity index (χ2v) is 7.09. The van der Waals surface area contributed by atoms with Gasteiger partial charge in [0.25, 0.3) is 11.8 Å². The second kappa shape index (κ2) is 9.12. The largest absolute Gasteiger partial charge is 0.332 e. The summed E-state index contributed by atoms with van der Waals surface area (Å²) in [5.41, 5.74) is 4.42. The number of hydrogen-bond acceptors (Lipinski definition) is 3. The molecule has 5 nitrogen and oxygen atoms in total. The molecule has 0 saturated heterocycles. The summed E-state index contributed by atoms with van der Waals surface area (Å²) in [6.45, 7) is 3.88. The maximum absolute atomic E-state index is 12.4. The number of anilines is 2. The first-order chi connectivity index (χ1) is 13.9. The van der Waals surface area contributed by atoms with Crippen LogP contribution in [0.4, 0.5) is 11.4 Å². The van der Waals surface area contributed by atoms with Crippen molar-refractivity contribution in [3.63, 3.8) is 0 Å². The molecule has 0 aliphatic rings. The highest BCUT2D eigenvalue weighted by Crippen LogP contribution is 2.16. The summed E-state index contributed by atoms with van der Waals surface area (Å²) >= 11 is 5.26. The molecule has 0 heterocycles. The first-order valence-corrected chi connectivity index (χ1v) is 9.48. The quantitative estimate of drug-likeness (QED) is 0.553. The Balaban J connectivity index is 1.63. The summed E-state index contributed by atoms with van der Waals surface area (Å²) in [5, 5.41) is 8.68. The topological polar surface area (TPSA) is 70.2 Å². The zero-order valence-electron chi connectivity index (χ0n) is 16.2. The van der Waals surface area contributed by atoms with Gasteiger partial charge in [-0.1, -0.05) is 41.5 Å². The normalized spacial score (nSPS) is 10.1. The van der Waals surface area contributed by atoms with Gasteiger partial charge in [0.2, 0.25) is 0 Å². The average Bonchev–Trinajstić information content (AvgIpc) is 2.68. The molecule has 0 aliphatic heterocycles. The van der Waals surface area contributed by atoms with Crippen LogP contribution in [0.5, 0.6) is 0 Å². The van der Waals surface area contributed by atoms with Crippen molar-refractivity contribution in [3.8, 4) is 0 Å². The monoisotopic (exact) mass is 403 g/mol. The number of hydrogen-bond donors (Lipinski definition) is 3. The smallest absolute Gasteiger partial charge is 0.257 e. The molecule has 0 bridgehead atoms. The van der Waals surface area contributed by atoms with Gasteiger partial charge in [-0.05, 0) is 68.5 Å². The summed E-state index contributed by atoms with van der Waals surface area (Å²) in [6.07, 6.45) is 0. The molecule has 0 spiro atoms. The number of nitrogens with one attached hydrogen (secondary N) is 3. The predicted octanol–water partition coefficient (Wildman–Crippen LogP) is 4.68. The fourth-order valence-corrected chi connectivity index (χ4v) is 3.12. The van der Waals surface area contributed by atoms with Gasteiger partial charge < -0.3 is 10.6 Å². The maximum Gasteiger partial charge on any atom is 0.257 e. The minimum atomic E-state index is -0.275. The summed E-state index contributed by atoms with van der Waals surface area (Å²) in [4.78, 5) is 24.7. The molecule has 0 radical (unpaired) electrons. The Morgan fingerprint density at radius 1 is 0.690 bits per heavy atom. The summed E-state index contributed by atoms with van der Waals surface area (Å²) in [6, 6.07) is 21.7. The highest BCUT2D eigenvalue weighted by atomic mass is 32.1. The number of amides is 2. The van der Waals surface area contributed by atoms with Gasteiger partial charge in [-0.15, -0.1) is 0 Å². The van der Waals surface area contributed by atoms with Crippen LogP contribution < -0.4 is 16.0 Å². The minimum Gasteiger partial charge on any atom is -0.332 e. The van der Waals surface area contributed by atoms with Crippen molar-refractivity contribution in [2.75, 3.05) is 10.6 Å². The molecule has 0 saturated carbocycles. The van der Waals surface area contributed by atoms with Crippen LogP contribution in [-0.2, 0) is 0 Å². The molecule has 146 valence electrons. The molecule has 3 aromatic rings. The van der Waals surface area contributed by atoms with E-state index in [1.807, 2.05) is 50.2 Å². The number of thiocarbonyl (C=S) groups is 1. The molecule has 0 fully saturated rings. The molecule has 0 atom stereocenters. The summed E-state index contributed by atoms with van der Waals surface area (Å²) in [5.74, 6) is -0.476. The van der Waals surface area contributed by atoms with Crippen LogP contribution in [0.1, 0.15) is 31.8 Å². The van der Waals surface area contributed by atoms with Crippen LogP contribution in [0.2, 0.25) is 0 Å². The van der Waals surface area contributed by atoms with E-state index in [4.69, 9.17) is 12.2 Å². The Hall–Kier alpha value is -3.51. The number of carbonyl (C=O) groups is 2. The van der Waals surface area contributed by atoms with E-state index in [0.29, 0.717) is 22.5 Å². The Kier molecular flexibility index (Phi) is 6.36. The Morgan fingerprint density at radius 2 is 1.31 bits per heavy atom. The van der Waals surface area contributed by atoms with E-state index in [0.717, 1.165) is 11.1 Å². The van der Waals surface area contributed by atoms with Gasteiger partial charge in [0.05, 0.1) is 0 Å². The van der Waals surface area contributed by atoms with Gasteiger partial charge in [-0.25, -0.2) is 0 Å². The van der Waals surface area contributed by atoms with E-state index in [1.54, 1.807) is 36.4 Å². The van der Waals surface area contributed by atoms with Crippen molar-refractivity contribution in [1.82, 2.24) is 5.32 Å². The average molecular weight is 404 g/mol. The molecule has 3 rings (SSSR count). The molecule has 2 amide bonds. The standard InChI is InChI=1S/C23H21N3O2S/c1-15-11-16(2)13-18(12-15)22(28)26-23(29)25-20-10-6-9-19(14-20)24-21(27)17-7-4-3-5-8-17/h3-14H,1-2H3,(H,24,27)(H2,25,26,28,29). The van der Waals surface area contributed by atoms with Crippen molar-refractivity contribution in [2.24, 2.45) is 0 Å². The van der Waals surface area contributed by atoms with Crippen molar-refractivity contribution >= 4 is 40.5 Å². The van der Waals surface area contributed by atoms with Crippen molar-refractivity contribution < 1.29 is 9.59 Å². The molecule has 0 aliphatic carbocycles. The van der Waals surface area contributed by atoms with Crippen molar-refractivity contribution in [2.45, 2.75) is 13.8 Å². The Bertz CT molecular complexity index is 1040. The van der Waals surface area contributed by atoms with Gasteiger partial charge in [-0.2, -0.15) is 0 Å². The lowest BCUT2D eigenvalue weighted by Gasteiger charge is -2.12. The molecular weight excluding hydrogens is 382 g/mol. The van der Waals surface area contributed by atoms with Crippen LogP contribution in [0.25, 0.3) is 0 Å². The zero-order chi connectivity index (χ0) is 20.8. The first-order valence-electron chi connectivity index (χ1n) is 9.08. The summed E-state index contributed by atoms with van der Waals surface area (Å²) < 4.78 is 0. The molecule has 0 aromatic heterocycles. The number of benzene rings is 3. The predicted molar refractivity (Wildman–Crippen MR) is 120 cm³/mol. The Morgan fingerprint density at radius 3 is 1.97 bits per heavy atom. The molecular formula is C23H21N3O2S. The van der Waals surface area contributed by atoms with Crippen LogP contribution in [0, 0.1) is 13.8 Å². The third kappa shape index (κ3) is 5.73. The molecule has 6 heteroatoms. The van der Waals surface area contributed by atoms with Gasteiger partial charge in [0.1, 0.15) is 0 Å². The third-order valence-corrected chi connectivity index (χ3v) is 4.33. The van der Waals surface area contributed by atoms with Gasteiger partial charge in [0.15, 0.2) is 5.11 Å². The van der Waals surface area contributed by atoms with Crippen molar-refractivity contribution in [3.05, 3.63) is 95.1 Å². The summed E-state index contributed by atoms with van der Waals surface area (Å²) in [7, 11) is 0. The van der Waals surface area contributed by atoms with Crippen LogP contribution in [0.15, 0.2) is 72.8 Å². The molecule has 29 heavy (non-hydrogen) atoms. The lowest BCUT2D eigenvalue weighted by Crippen LogP contribution is -2.34. The second-order valence-electron chi connectivity index (χ2n) is 6.69. The number of rotatable bonds is 4. The van der Waals surface area contributed by atoms with Gasteiger partial charge in [-0.3, -0.25) is 14.9 Å². The van der Waals surface area contributed by atoms with Crippen molar-refractivity contribution in [1.29, 1.82) is 0 Å². The van der Waals surface area contributed by atoms with E-state index in [-0.39, 0.29) is 16.9 Å². The fourth-order valence-electron chi connectivity index (χ4n) is 2.91. The van der Waals surface area contributed by atoms with Gasteiger partial charge in [0, 0.05) is 22.5 Å². The fraction of sp³-hybridized carbons (Fsp3) is 0.0870. The zero-order valence-corrected chi connectivity index (χ0v) is 17.0. The van der Waals surface area contributed by atoms with Crippen LogP contribution >= 0.6 is 12.2 Å². The van der Waals surface area contributed by atoms with E-state index >= 15 is 0 Å². The SMILES string of the molecule is Cc1cc(C)cc(C(=O)NC(=S)Nc2cccc(NC(=O)c3ccccc3)c2)c1. The van der Waals surface area contributed by atoms with E-state index < -0.39 is 0 Å². The molecule has 3 N–H and O–H groups in total. The van der Waals surface area contributed by atoms with E-state index in [9.17, 15) is 9.59 Å². The van der Waals surface area contributed by atoms with E-state index in [2.05, 4.69) is 16.0 Å². The van der Waals surface area contributed by atoms with Gasteiger partial charge >= 0.3 is 0 Å².